The number of carbonyl (C=O) groups is 2. The molecule has 9 nitrogen and oxygen atoms in total. The van der Waals surface area contributed by atoms with Gasteiger partial charge in [0.05, 0.1) is 36.0 Å². The molecule has 0 radical (unpaired) electrons. The summed E-state index contributed by atoms with van der Waals surface area (Å²) in [6.07, 6.45) is 0.685. The van der Waals surface area contributed by atoms with Crippen LogP contribution in [0.2, 0.25) is 5.02 Å². The maximum absolute atomic E-state index is 12.6. The number of anilines is 2. The third-order valence-electron chi connectivity index (χ3n) is 4.67. The third kappa shape index (κ3) is 5.50. The molecule has 2 aromatic rings. The van der Waals surface area contributed by atoms with Gasteiger partial charge in [0.15, 0.2) is 0 Å². The highest BCUT2D eigenvalue weighted by molar-refractivity contribution is 6.32. The van der Waals surface area contributed by atoms with Gasteiger partial charge in [-0.1, -0.05) is 18.5 Å². The van der Waals surface area contributed by atoms with Crippen molar-refractivity contribution in [1.82, 2.24) is 0 Å². The summed E-state index contributed by atoms with van der Waals surface area (Å²) in [6.45, 7) is 4.56. The molecule has 1 aliphatic heterocycles. The van der Waals surface area contributed by atoms with E-state index in [1.807, 2.05) is 11.8 Å². The Labute approximate surface area is 184 Å². The first kappa shape index (κ1) is 22.5. The molecule has 1 saturated heterocycles. The van der Waals surface area contributed by atoms with Crippen molar-refractivity contribution < 1.29 is 24.0 Å². The summed E-state index contributed by atoms with van der Waals surface area (Å²) in [5.41, 5.74) is 1.10. The van der Waals surface area contributed by atoms with E-state index >= 15 is 0 Å². The number of rotatable bonds is 7. The normalized spacial score (nSPS) is 13.5. The molecular formula is C21H22ClN3O6. The molecule has 1 amide bonds. The fourth-order valence-corrected chi connectivity index (χ4v) is 3.31. The second-order valence-corrected chi connectivity index (χ2v) is 7.25. The second kappa shape index (κ2) is 10.2. The van der Waals surface area contributed by atoms with Crippen molar-refractivity contribution in [1.29, 1.82) is 0 Å². The van der Waals surface area contributed by atoms with Crippen LogP contribution >= 0.6 is 11.6 Å². The number of benzene rings is 2. The van der Waals surface area contributed by atoms with Gasteiger partial charge in [-0.2, -0.15) is 0 Å². The Morgan fingerprint density at radius 3 is 2.65 bits per heavy atom. The van der Waals surface area contributed by atoms with Crippen molar-refractivity contribution in [3.05, 3.63) is 62.7 Å². The third-order valence-corrected chi connectivity index (χ3v) is 4.99. The lowest BCUT2D eigenvalue weighted by Gasteiger charge is -2.30. The molecular weight excluding hydrogens is 426 g/mol. The molecule has 1 N–H and O–H groups in total. The van der Waals surface area contributed by atoms with Gasteiger partial charge in [-0.25, -0.2) is 4.79 Å². The molecule has 31 heavy (non-hydrogen) atoms. The number of nitro groups is 1. The van der Waals surface area contributed by atoms with E-state index in [-0.39, 0.29) is 22.9 Å². The first-order chi connectivity index (χ1) is 14.9. The predicted molar refractivity (Wildman–Crippen MR) is 116 cm³/mol. The van der Waals surface area contributed by atoms with E-state index in [0.717, 1.165) is 6.07 Å². The van der Waals surface area contributed by atoms with E-state index < -0.39 is 16.8 Å². The second-order valence-electron chi connectivity index (χ2n) is 6.84. The monoisotopic (exact) mass is 447 g/mol. The van der Waals surface area contributed by atoms with Gasteiger partial charge in [-0.15, -0.1) is 0 Å². The van der Waals surface area contributed by atoms with Crippen LogP contribution in [0.3, 0.4) is 0 Å². The van der Waals surface area contributed by atoms with Gasteiger partial charge >= 0.3 is 5.97 Å². The topological polar surface area (TPSA) is 111 Å². The molecule has 3 rings (SSSR count). The lowest BCUT2D eigenvalue weighted by atomic mass is 10.1. The maximum atomic E-state index is 12.6. The highest BCUT2D eigenvalue weighted by atomic mass is 35.5. The summed E-state index contributed by atoms with van der Waals surface area (Å²) < 4.78 is 10.7. The largest absolute Gasteiger partial charge is 0.462 e. The van der Waals surface area contributed by atoms with Gasteiger partial charge in [-0.05, 0) is 36.8 Å². The van der Waals surface area contributed by atoms with Gasteiger partial charge < -0.3 is 19.7 Å². The van der Waals surface area contributed by atoms with Crippen LogP contribution in [0, 0.1) is 10.1 Å². The molecule has 0 spiro atoms. The van der Waals surface area contributed by atoms with E-state index in [0.29, 0.717) is 49.7 Å². The number of morpholine rings is 1. The number of nitrogens with one attached hydrogen (secondary N) is 1. The van der Waals surface area contributed by atoms with E-state index in [9.17, 15) is 19.7 Å². The Balaban J connectivity index is 1.87. The van der Waals surface area contributed by atoms with Gasteiger partial charge in [0.1, 0.15) is 5.02 Å². The summed E-state index contributed by atoms with van der Waals surface area (Å²) in [5.74, 6) is -1.05. The highest BCUT2D eigenvalue weighted by Gasteiger charge is 2.22. The Morgan fingerprint density at radius 1 is 1.23 bits per heavy atom. The number of halogens is 1. The fourth-order valence-electron chi connectivity index (χ4n) is 3.13. The minimum Gasteiger partial charge on any atom is -0.462 e. The predicted octanol–water partition coefficient (Wildman–Crippen LogP) is 3.90. The Hall–Kier alpha value is -3.17. The Kier molecular flexibility index (Phi) is 7.43. The lowest BCUT2D eigenvalue weighted by Crippen LogP contribution is -2.37. The number of ether oxygens (including phenoxy) is 2. The molecule has 0 unspecified atom stereocenters. The van der Waals surface area contributed by atoms with E-state index in [2.05, 4.69) is 5.32 Å². The van der Waals surface area contributed by atoms with Crippen LogP contribution < -0.4 is 10.2 Å². The average molecular weight is 448 g/mol. The molecule has 0 saturated carbocycles. The van der Waals surface area contributed by atoms with E-state index in [1.54, 1.807) is 18.2 Å². The van der Waals surface area contributed by atoms with Crippen LogP contribution in [-0.2, 0) is 9.47 Å². The average Bonchev–Trinajstić information content (AvgIpc) is 2.78. The van der Waals surface area contributed by atoms with Gasteiger partial charge in [0.25, 0.3) is 11.6 Å². The minimum atomic E-state index is -0.655. The van der Waals surface area contributed by atoms with Crippen molar-refractivity contribution in [2.45, 2.75) is 13.3 Å². The van der Waals surface area contributed by atoms with E-state index in [4.69, 9.17) is 21.1 Å². The van der Waals surface area contributed by atoms with Crippen molar-refractivity contribution in [3.63, 3.8) is 0 Å². The van der Waals surface area contributed by atoms with Crippen LogP contribution in [0.5, 0.6) is 0 Å². The Morgan fingerprint density at radius 2 is 1.97 bits per heavy atom. The van der Waals surface area contributed by atoms with E-state index in [1.165, 1.54) is 12.1 Å². The molecule has 0 bridgehead atoms. The number of amides is 1. The summed E-state index contributed by atoms with van der Waals surface area (Å²) in [6, 6.07) is 8.76. The molecule has 164 valence electrons. The standard InChI is InChI=1S/C21H22ClN3O6/c1-2-9-31-21(27)16-13-15(4-6-18(16)24-7-10-30-11-8-24)23-20(26)14-3-5-17(22)19(12-14)25(28)29/h3-6,12-13H,2,7-11H2,1H3,(H,23,26). The molecule has 2 aromatic carbocycles. The summed E-state index contributed by atoms with van der Waals surface area (Å²) in [4.78, 5) is 37.7. The van der Waals surface area contributed by atoms with Crippen LogP contribution in [0.4, 0.5) is 17.1 Å². The zero-order valence-electron chi connectivity index (χ0n) is 16.9. The van der Waals surface area contributed by atoms with Gasteiger partial charge in [0, 0.05) is 30.4 Å². The SMILES string of the molecule is CCCOC(=O)c1cc(NC(=O)c2ccc(Cl)c([N+](=O)[O-])c2)ccc1N1CCOCC1. The van der Waals surface area contributed by atoms with Crippen molar-refractivity contribution in [2.75, 3.05) is 43.1 Å². The van der Waals surface area contributed by atoms with Crippen LogP contribution in [0.1, 0.15) is 34.1 Å². The molecule has 0 aromatic heterocycles. The Bertz CT molecular complexity index is 991. The lowest BCUT2D eigenvalue weighted by molar-refractivity contribution is -0.384. The molecule has 1 aliphatic rings. The number of esters is 1. The zero-order valence-corrected chi connectivity index (χ0v) is 17.7. The number of hydrogen-bond acceptors (Lipinski definition) is 7. The summed E-state index contributed by atoms with van der Waals surface area (Å²) in [7, 11) is 0. The first-order valence-electron chi connectivity index (χ1n) is 9.80. The molecule has 10 heteroatoms. The number of carbonyl (C=O) groups excluding carboxylic acids is 2. The van der Waals surface area contributed by atoms with Crippen molar-refractivity contribution in [3.8, 4) is 0 Å². The van der Waals surface area contributed by atoms with Crippen LogP contribution in [-0.4, -0.2) is 49.7 Å². The fraction of sp³-hybridized carbons (Fsp3) is 0.333. The smallest absolute Gasteiger partial charge is 0.340 e. The van der Waals surface area contributed by atoms with Gasteiger partial charge in [0.2, 0.25) is 0 Å². The van der Waals surface area contributed by atoms with Crippen molar-refractivity contribution in [2.24, 2.45) is 0 Å². The number of hydrogen-bond donors (Lipinski definition) is 1. The maximum Gasteiger partial charge on any atom is 0.340 e. The number of nitro benzene ring substituents is 1. The first-order valence-corrected chi connectivity index (χ1v) is 10.2. The summed E-state index contributed by atoms with van der Waals surface area (Å²) in [5, 5.41) is 13.7. The van der Waals surface area contributed by atoms with Crippen LogP contribution in [0.15, 0.2) is 36.4 Å². The van der Waals surface area contributed by atoms with Crippen LogP contribution in [0.25, 0.3) is 0 Å². The zero-order chi connectivity index (χ0) is 22.4. The van der Waals surface area contributed by atoms with Crippen molar-refractivity contribution >= 4 is 40.5 Å². The minimum absolute atomic E-state index is 0.0580. The molecule has 0 atom stereocenters. The number of nitrogens with zero attached hydrogens (tertiary/aromatic N) is 2. The quantitative estimate of drug-likeness (QED) is 0.389. The summed E-state index contributed by atoms with van der Waals surface area (Å²) >= 11 is 5.81. The molecule has 0 aliphatic carbocycles. The molecule has 1 heterocycles. The highest BCUT2D eigenvalue weighted by Crippen LogP contribution is 2.28. The molecule has 1 fully saturated rings. The van der Waals surface area contributed by atoms with Gasteiger partial charge in [-0.3, -0.25) is 14.9 Å².